The van der Waals surface area contributed by atoms with E-state index in [4.69, 9.17) is 3.67 Å². The molecular formula is C33H40N2O4V. The first kappa shape index (κ1) is 30.0. The first-order valence-corrected chi connectivity index (χ1v) is 14.6. The number of benzene rings is 2. The molecule has 4 aliphatic rings. The fourth-order valence-electron chi connectivity index (χ4n) is 7.22. The maximum absolute atomic E-state index is 10.6. The van der Waals surface area contributed by atoms with Gasteiger partial charge in [-0.3, -0.25) is 9.98 Å². The Bertz CT molecular complexity index is 1280. The van der Waals surface area contributed by atoms with E-state index in [1.807, 2.05) is 30.3 Å². The fourth-order valence-corrected chi connectivity index (χ4v) is 7.22. The van der Waals surface area contributed by atoms with Gasteiger partial charge in [-0.1, -0.05) is 45.0 Å². The summed E-state index contributed by atoms with van der Waals surface area (Å²) in [6.07, 6.45) is 11.2. The number of pyridine rings is 1. The van der Waals surface area contributed by atoms with Gasteiger partial charge in [-0.25, -0.2) is 0 Å². The van der Waals surface area contributed by atoms with Gasteiger partial charge in [0.2, 0.25) is 0 Å². The average Bonchev–Trinajstić information content (AvgIpc) is 2.92. The molecule has 0 unspecified atom stereocenters. The molecule has 7 heteroatoms. The Balaban J connectivity index is 0.000000183. The zero-order chi connectivity index (χ0) is 28.9. The van der Waals surface area contributed by atoms with Crippen molar-refractivity contribution in [1.82, 2.24) is 4.98 Å². The Hall–Kier alpha value is -2.96. The van der Waals surface area contributed by atoms with Crippen LogP contribution in [0.2, 0.25) is 0 Å². The van der Waals surface area contributed by atoms with E-state index in [2.05, 4.69) is 36.8 Å². The number of nitrogens with zero attached hydrogens (tertiary/aromatic N) is 2. The van der Waals surface area contributed by atoms with Crippen LogP contribution < -0.4 is 0 Å². The van der Waals surface area contributed by atoms with Crippen LogP contribution in [-0.2, 0) is 38.4 Å². The van der Waals surface area contributed by atoms with E-state index >= 15 is 0 Å². The summed E-state index contributed by atoms with van der Waals surface area (Å²) in [4.78, 5) is 8.38. The average molecular weight is 580 g/mol. The fraction of sp³-hybridized carbons (Fsp3) is 0.455. The van der Waals surface area contributed by atoms with Gasteiger partial charge in [0.25, 0.3) is 0 Å². The minimum absolute atomic E-state index is 0.0117. The van der Waals surface area contributed by atoms with E-state index in [1.165, 1.54) is 38.5 Å². The quantitative estimate of drug-likeness (QED) is 0.225. The van der Waals surface area contributed by atoms with Crippen molar-refractivity contribution in [3.63, 3.8) is 0 Å². The van der Waals surface area contributed by atoms with Gasteiger partial charge in [0, 0.05) is 23.5 Å². The third-order valence-electron chi connectivity index (χ3n) is 8.71. The zero-order valence-corrected chi connectivity index (χ0v) is 25.0. The van der Waals surface area contributed by atoms with Crippen LogP contribution in [-0.4, -0.2) is 26.5 Å². The topological polar surface area (TPSA) is 103 Å². The molecule has 0 amide bonds. The molecule has 40 heavy (non-hydrogen) atoms. The first-order valence-electron chi connectivity index (χ1n) is 14.1. The van der Waals surface area contributed by atoms with Crippen molar-refractivity contribution in [3.8, 4) is 17.2 Å². The predicted octanol–water partition coefficient (Wildman–Crippen LogP) is 7.15. The Kier molecular flexibility index (Phi) is 9.53. The van der Waals surface area contributed by atoms with Gasteiger partial charge in [-0.05, 0) is 103 Å². The third-order valence-corrected chi connectivity index (χ3v) is 8.71. The van der Waals surface area contributed by atoms with E-state index < -0.39 is 0 Å². The molecule has 0 aliphatic heterocycles. The van der Waals surface area contributed by atoms with Crippen molar-refractivity contribution < 1.29 is 36.4 Å². The molecule has 0 spiro atoms. The molecule has 1 heterocycles. The minimum atomic E-state index is -0.0117. The Morgan fingerprint density at radius 2 is 1.50 bits per heavy atom. The van der Waals surface area contributed by atoms with Crippen LogP contribution in [0.4, 0.5) is 0 Å². The summed E-state index contributed by atoms with van der Waals surface area (Å²) < 4.78 is 8.19. The summed E-state index contributed by atoms with van der Waals surface area (Å²) in [6.45, 7) is 7.03. The number of phenolic OH excluding ortho intramolecular Hbond substituents is 3. The molecule has 4 bridgehead atoms. The van der Waals surface area contributed by atoms with Gasteiger partial charge in [0.05, 0.1) is 12.2 Å². The van der Waals surface area contributed by atoms with Gasteiger partial charge in [-0.15, -0.1) is 0 Å². The normalized spacial score (nSPS) is 24.6. The summed E-state index contributed by atoms with van der Waals surface area (Å²) in [5.74, 6) is 2.98. The van der Waals surface area contributed by atoms with Gasteiger partial charge in [-0.2, -0.15) is 0 Å². The van der Waals surface area contributed by atoms with Gasteiger partial charge in [0.15, 0.2) is 11.5 Å². The van der Waals surface area contributed by atoms with Crippen LogP contribution in [0.3, 0.4) is 0 Å². The van der Waals surface area contributed by atoms with Crippen LogP contribution in [0.25, 0.3) is 0 Å². The van der Waals surface area contributed by atoms with Crippen LogP contribution in [0.15, 0.2) is 65.8 Å². The maximum atomic E-state index is 10.6. The zero-order valence-electron chi connectivity index (χ0n) is 23.6. The van der Waals surface area contributed by atoms with Crippen molar-refractivity contribution in [2.45, 2.75) is 76.7 Å². The number of aromatic hydroxyl groups is 3. The monoisotopic (exact) mass is 579 g/mol. The molecule has 211 valence electrons. The second-order valence-corrected chi connectivity index (χ2v) is 12.7. The second-order valence-electron chi connectivity index (χ2n) is 12.7. The van der Waals surface area contributed by atoms with Crippen molar-refractivity contribution in [2.75, 3.05) is 0 Å². The van der Waals surface area contributed by atoms with E-state index in [0.717, 1.165) is 57.5 Å². The van der Waals surface area contributed by atoms with E-state index in [1.54, 1.807) is 30.6 Å². The van der Waals surface area contributed by atoms with Crippen molar-refractivity contribution in [2.24, 2.45) is 22.7 Å². The summed E-state index contributed by atoms with van der Waals surface area (Å²) in [5, 5.41) is 30.4. The molecule has 0 saturated heterocycles. The van der Waals surface area contributed by atoms with Gasteiger partial charge < -0.3 is 15.3 Å². The summed E-state index contributed by atoms with van der Waals surface area (Å²) in [7, 11) is 0. The third kappa shape index (κ3) is 6.84. The number of hydrogen-bond acceptors (Lipinski definition) is 6. The number of rotatable bonds is 4. The number of aliphatic imine (C=N–C) groups is 1. The molecule has 4 saturated carbocycles. The standard InChI is InChI=1S/C20H28O2.C13H12N2O.O.V/c1-19(2,3)15-7-16(18(22)17(21)8-15)20-9-12-4-13(10-20)6-14(5-12)11-20;16-13-7-2-1-5-11(13)9-14-10-12-6-3-4-8-15-12;;/h7-8,12-14,21-22H,4-6,9-11H2,1-3H3;1-9,16H,10H2;;. The van der Waals surface area contributed by atoms with Crippen LogP contribution in [0.1, 0.15) is 81.7 Å². The number of hydrogen-bond donors (Lipinski definition) is 3. The summed E-state index contributed by atoms with van der Waals surface area (Å²) >= 11 is 1.06. The number of aromatic nitrogens is 1. The van der Waals surface area contributed by atoms with Crippen molar-refractivity contribution in [3.05, 3.63) is 83.2 Å². The van der Waals surface area contributed by atoms with E-state index in [-0.39, 0.29) is 28.1 Å². The van der Waals surface area contributed by atoms with E-state index in [0.29, 0.717) is 6.54 Å². The number of phenols is 3. The second kappa shape index (κ2) is 12.7. The predicted molar refractivity (Wildman–Crippen MR) is 153 cm³/mol. The van der Waals surface area contributed by atoms with Crippen LogP contribution >= 0.6 is 0 Å². The van der Waals surface area contributed by atoms with Gasteiger partial charge in [0.1, 0.15) is 5.75 Å². The molecule has 6 nitrogen and oxygen atoms in total. The van der Waals surface area contributed by atoms with Gasteiger partial charge >= 0.3 is 21.0 Å². The molecule has 2 aromatic carbocycles. The summed E-state index contributed by atoms with van der Waals surface area (Å²) in [6, 6.07) is 16.8. The van der Waals surface area contributed by atoms with E-state index in [9.17, 15) is 15.3 Å². The molecule has 7 rings (SSSR count). The molecule has 0 radical (unpaired) electrons. The summed E-state index contributed by atoms with van der Waals surface area (Å²) in [5.41, 5.74) is 3.91. The Labute approximate surface area is 246 Å². The molecule has 3 aromatic rings. The molecule has 4 aliphatic carbocycles. The Morgan fingerprint density at radius 3 is 2.05 bits per heavy atom. The molecule has 0 atom stereocenters. The molecule has 1 aromatic heterocycles. The number of para-hydroxylation sites is 1. The van der Waals surface area contributed by atoms with Crippen LogP contribution in [0.5, 0.6) is 17.2 Å². The SMILES string of the molecule is CC(C)(C)c1cc(O)c(O)c(C23CC4CC(CC(C4)C2)C3)c1.Oc1ccccc1C=NCc1ccccn1.[O]=[V]. The Morgan fingerprint density at radius 1 is 0.900 bits per heavy atom. The molecular weight excluding hydrogens is 539 g/mol. The van der Waals surface area contributed by atoms with Crippen molar-refractivity contribution in [1.29, 1.82) is 0 Å². The van der Waals surface area contributed by atoms with Crippen molar-refractivity contribution >= 4 is 6.21 Å². The first-order chi connectivity index (χ1) is 19.1. The molecule has 4 fully saturated rings. The molecule has 3 N–H and O–H groups in total. The van der Waals surface area contributed by atoms with Crippen LogP contribution in [0, 0.1) is 17.8 Å².